The van der Waals surface area contributed by atoms with Gasteiger partial charge in [-0.2, -0.15) is 5.26 Å². The average molecular weight is 468 g/mol. The summed E-state index contributed by atoms with van der Waals surface area (Å²) in [5.74, 6) is -0.631. The van der Waals surface area contributed by atoms with E-state index in [-0.39, 0.29) is 23.7 Å². The van der Waals surface area contributed by atoms with Crippen LogP contribution < -0.4 is 20.7 Å². The van der Waals surface area contributed by atoms with Gasteiger partial charge in [-0.25, -0.2) is 0 Å². The van der Waals surface area contributed by atoms with Crippen LogP contribution in [0.1, 0.15) is 56.9 Å². The molecule has 1 aliphatic rings. The largest absolute Gasteiger partial charge is 0.496 e. The lowest BCUT2D eigenvalue weighted by molar-refractivity contribution is -0.128. The van der Waals surface area contributed by atoms with Crippen molar-refractivity contribution in [1.29, 1.82) is 5.26 Å². The van der Waals surface area contributed by atoms with Crippen LogP contribution in [-0.4, -0.2) is 48.4 Å². The Labute approximate surface area is 199 Å². The van der Waals surface area contributed by atoms with Crippen molar-refractivity contribution in [2.24, 2.45) is 11.3 Å². The number of hydrogen-bond acceptors (Lipinski definition) is 5. The maximum absolute atomic E-state index is 13.1. The third-order valence-corrected chi connectivity index (χ3v) is 5.92. The summed E-state index contributed by atoms with van der Waals surface area (Å²) in [4.78, 5) is 41.3. The van der Waals surface area contributed by atoms with Crippen molar-refractivity contribution >= 4 is 28.6 Å². The first-order valence-electron chi connectivity index (χ1n) is 11.6. The normalized spacial score (nSPS) is 17.9. The van der Waals surface area contributed by atoms with E-state index in [9.17, 15) is 19.6 Å². The van der Waals surface area contributed by atoms with Crippen LogP contribution in [0, 0.1) is 22.7 Å². The lowest BCUT2D eigenvalue weighted by Crippen LogP contribution is -2.51. The van der Waals surface area contributed by atoms with Gasteiger partial charge in [-0.3, -0.25) is 14.4 Å². The number of methoxy groups -OCH3 is 1. The van der Waals surface area contributed by atoms with Gasteiger partial charge in [-0.1, -0.05) is 26.8 Å². The predicted octanol–water partition coefficient (Wildman–Crippen LogP) is 2.64. The quantitative estimate of drug-likeness (QED) is 0.473. The van der Waals surface area contributed by atoms with E-state index in [2.05, 4.69) is 27.0 Å². The summed E-state index contributed by atoms with van der Waals surface area (Å²) < 4.78 is 5.36. The Balaban J connectivity index is 1.74. The molecule has 0 bridgehead atoms. The van der Waals surface area contributed by atoms with Crippen LogP contribution in [0.4, 0.5) is 0 Å². The van der Waals surface area contributed by atoms with E-state index in [1.54, 1.807) is 13.2 Å². The van der Waals surface area contributed by atoms with Crippen LogP contribution in [0.25, 0.3) is 10.9 Å². The second kappa shape index (κ2) is 10.6. The molecule has 1 unspecified atom stereocenters. The highest BCUT2D eigenvalue weighted by atomic mass is 16.5. The van der Waals surface area contributed by atoms with Crippen molar-refractivity contribution in [2.45, 2.75) is 58.5 Å². The minimum Gasteiger partial charge on any atom is -0.496 e. The van der Waals surface area contributed by atoms with Gasteiger partial charge in [-0.05, 0) is 49.3 Å². The van der Waals surface area contributed by atoms with E-state index in [4.69, 9.17) is 4.74 Å². The first-order valence-corrected chi connectivity index (χ1v) is 11.6. The van der Waals surface area contributed by atoms with Gasteiger partial charge < -0.3 is 25.7 Å². The molecule has 34 heavy (non-hydrogen) atoms. The summed E-state index contributed by atoms with van der Waals surface area (Å²) in [5, 5.41) is 18.7. The maximum Gasteiger partial charge on any atom is 0.268 e. The molecule has 9 nitrogen and oxygen atoms in total. The molecule has 0 aliphatic carbocycles. The fourth-order valence-electron chi connectivity index (χ4n) is 4.25. The summed E-state index contributed by atoms with van der Waals surface area (Å²) in [7, 11) is 1.56. The molecule has 3 atom stereocenters. The van der Waals surface area contributed by atoms with E-state index in [0.29, 0.717) is 30.8 Å². The van der Waals surface area contributed by atoms with Crippen LogP contribution in [0.5, 0.6) is 5.75 Å². The van der Waals surface area contributed by atoms with Crippen molar-refractivity contribution in [1.82, 2.24) is 20.9 Å². The number of hydrogen-bond donors (Lipinski definition) is 4. The zero-order chi connectivity index (χ0) is 24.9. The number of aromatic nitrogens is 1. The van der Waals surface area contributed by atoms with E-state index >= 15 is 0 Å². The van der Waals surface area contributed by atoms with Crippen LogP contribution >= 0.6 is 0 Å². The number of H-pyrrole nitrogens is 1. The second-order valence-electron chi connectivity index (χ2n) is 9.95. The molecule has 1 fully saturated rings. The highest BCUT2D eigenvalue weighted by Crippen LogP contribution is 2.26. The fourth-order valence-corrected chi connectivity index (χ4v) is 4.25. The number of nitrogens with zero attached hydrogens (tertiary/aromatic N) is 1. The highest BCUT2D eigenvalue weighted by Gasteiger charge is 2.31. The molecule has 2 aromatic rings. The van der Waals surface area contributed by atoms with Crippen molar-refractivity contribution in [2.75, 3.05) is 13.7 Å². The monoisotopic (exact) mass is 467 g/mol. The molecule has 3 amide bonds. The van der Waals surface area contributed by atoms with Crippen molar-refractivity contribution in [3.63, 3.8) is 0 Å². The SMILES string of the molecule is COc1cccc2[nH]c(C(=O)N[C@@H](CC(C)(C)C)C(=O)N[C@H](C#N)CC3CCCNC3=O)cc12. The highest BCUT2D eigenvalue weighted by molar-refractivity contribution is 6.01. The number of aromatic amines is 1. The molecule has 4 N–H and O–H groups in total. The minimum atomic E-state index is -0.850. The van der Waals surface area contributed by atoms with Gasteiger partial charge >= 0.3 is 0 Å². The molecule has 2 heterocycles. The summed E-state index contributed by atoms with van der Waals surface area (Å²) >= 11 is 0. The summed E-state index contributed by atoms with van der Waals surface area (Å²) in [6.45, 7) is 6.56. The number of amides is 3. The van der Waals surface area contributed by atoms with Crippen LogP contribution in [0.2, 0.25) is 0 Å². The molecule has 0 spiro atoms. The van der Waals surface area contributed by atoms with Gasteiger partial charge in [0.2, 0.25) is 11.8 Å². The van der Waals surface area contributed by atoms with E-state index in [1.807, 2.05) is 39.0 Å². The number of nitrogens with one attached hydrogen (secondary N) is 4. The third kappa shape index (κ3) is 6.28. The Hall–Kier alpha value is -3.54. The number of rotatable bonds is 8. The van der Waals surface area contributed by atoms with E-state index in [1.165, 1.54) is 0 Å². The molecule has 1 aliphatic heterocycles. The zero-order valence-corrected chi connectivity index (χ0v) is 20.2. The summed E-state index contributed by atoms with van der Waals surface area (Å²) in [6.07, 6.45) is 2.15. The van der Waals surface area contributed by atoms with Crippen LogP contribution in [-0.2, 0) is 9.59 Å². The fraction of sp³-hybridized carbons (Fsp3) is 0.520. The number of carbonyl (C=O) groups excluding carboxylic acids is 3. The Kier molecular flexibility index (Phi) is 7.82. The Morgan fingerprint density at radius 3 is 2.71 bits per heavy atom. The third-order valence-electron chi connectivity index (χ3n) is 5.92. The Morgan fingerprint density at radius 1 is 1.29 bits per heavy atom. The Bertz CT molecular complexity index is 1090. The van der Waals surface area contributed by atoms with Gasteiger partial charge in [0.05, 0.1) is 13.2 Å². The lowest BCUT2D eigenvalue weighted by Gasteiger charge is -2.28. The van der Waals surface area contributed by atoms with Crippen LogP contribution in [0.15, 0.2) is 24.3 Å². The molecule has 3 rings (SSSR count). The molecular weight excluding hydrogens is 434 g/mol. The standard InChI is InChI=1S/C25H33N5O4/c1-25(2,3)13-20(24(33)28-16(14-26)11-15-7-6-10-27-22(15)31)30-23(32)19-12-17-18(29-19)8-5-9-21(17)34-4/h5,8-9,12,15-16,20,29H,6-7,10-11,13H2,1-4H3,(H,27,31)(H,28,33)(H,30,32)/t15?,16-,20-/m0/s1. The smallest absolute Gasteiger partial charge is 0.268 e. The van der Waals surface area contributed by atoms with Gasteiger partial charge in [0.15, 0.2) is 0 Å². The summed E-state index contributed by atoms with van der Waals surface area (Å²) in [6, 6.07) is 7.58. The lowest BCUT2D eigenvalue weighted by atomic mass is 9.87. The molecule has 0 saturated carbocycles. The molecule has 9 heteroatoms. The molecular formula is C25H33N5O4. The second-order valence-corrected chi connectivity index (χ2v) is 9.95. The van der Waals surface area contributed by atoms with Crippen molar-refractivity contribution < 1.29 is 19.1 Å². The number of piperidine rings is 1. The number of carbonyl (C=O) groups is 3. The molecule has 0 radical (unpaired) electrons. The molecule has 182 valence electrons. The van der Waals surface area contributed by atoms with E-state index < -0.39 is 23.9 Å². The Morgan fingerprint density at radius 2 is 2.06 bits per heavy atom. The first-order chi connectivity index (χ1) is 16.1. The first kappa shape index (κ1) is 25.1. The van der Waals surface area contributed by atoms with E-state index in [0.717, 1.165) is 17.3 Å². The number of fused-ring (bicyclic) bond motifs is 1. The van der Waals surface area contributed by atoms with Gasteiger partial charge in [0, 0.05) is 23.4 Å². The zero-order valence-electron chi connectivity index (χ0n) is 20.2. The van der Waals surface area contributed by atoms with Crippen molar-refractivity contribution in [3.8, 4) is 11.8 Å². The maximum atomic E-state index is 13.1. The predicted molar refractivity (Wildman–Crippen MR) is 128 cm³/mol. The number of ether oxygens (including phenoxy) is 1. The van der Waals surface area contributed by atoms with Gasteiger partial charge in [0.25, 0.3) is 5.91 Å². The number of nitriles is 1. The number of benzene rings is 1. The molecule has 1 aromatic heterocycles. The van der Waals surface area contributed by atoms with Gasteiger partial charge in [-0.15, -0.1) is 0 Å². The summed E-state index contributed by atoms with van der Waals surface area (Å²) in [5.41, 5.74) is 0.795. The van der Waals surface area contributed by atoms with Crippen molar-refractivity contribution in [3.05, 3.63) is 30.0 Å². The average Bonchev–Trinajstić information content (AvgIpc) is 3.23. The topological polar surface area (TPSA) is 136 Å². The van der Waals surface area contributed by atoms with Gasteiger partial charge in [0.1, 0.15) is 23.5 Å². The van der Waals surface area contributed by atoms with Crippen LogP contribution in [0.3, 0.4) is 0 Å². The minimum absolute atomic E-state index is 0.0884. The molecule has 1 saturated heterocycles. The molecule has 1 aromatic carbocycles.